The van der Waals surface area contributed by atoms with Crippen molar-refractivity contribution >= 4 is 28.7 Å². The van der Waals surface area contributed by atoms with Crippen LogP contribution in [0.3, 0.4) is 0 Å². The molecule has 3 rings (SSSR count). The minimum absolute atomic E-state index is 0.0906. The standard InChI is InChI=1S/C11H14ClN5O/c1-6(4-11(18)2-3-11)17-5-14-7-8(12)15-10(13)16-9(7)17/h5-6,18H,2-4H2,1H3,(H2,13,15,16). The molecule has 1 aliphatic rings. The lowest BCUT2D eigenvalue weighted by Gasteiger charge is -2.17. The van der Waals surface area contributed by atoms with Gasteiger partial charge in [0.15, 0.2) is 10.8 Å². The number of halogens is 1. The Bertz CT molecular complexity index is 607. The zero-order chi connectivity index (χ0) is 12.9. The first-order valence-corrected chi connectivity index (χ1v) is 6.24. The molecular formula is C11H14ClN5O. The maximum Gasteiger partial charge on any atom is 0.223 e. The summed E-state index contributed by atoms with van der Waals surface area (Å²) in [6, 6.07) is 0.0906. The van der Waals surface area contributed by atoms with Crippen LogP contribution in [0, 0.1) is 0 Å². The summed E-state index contributed by atoms with van der Waals surface area (Å²) in [5.74, 6) is 0.131. The van der Waals surface area contributed by atoms with Gasteiger partial charge in [-0.05, 0) is 26.2 Å². The molecule has 0 bridgehead atoms. The van der Waals surface area contributed by atoms with Crippen molar-refractivity contribution in [2.45, 2.75) is 37.8 Å². The molecule has 7 heteroatoms. The third-order valence-corrected chi connectivity index (χ3v) is 3.64. The number of hydrogen-bond donors (Lipinski definition) is 2. The van der Waals surface area contributed by atoms with Crippen LogP contribution in [0.15, 0.2) is 6.33 Å². The van der Waals surface area contributed by atoms with Crippen LogP contribution in [-0.2, 0) is 0 Å². The Hall–Kier alpha value is -1.40. The zero-order valence-electron chi connectivity index (χ0n) is 9.97. The first-order valence-electron chi connectivity index (χ1n) is 5.86. The summed E-state index contributed by atoms with van der Waals surface area (Å²) in [5, 5.41) is 10.2. The van der Waals surface area contributed by atoms with E-state index in [1.807, 2.05) is 11.5 Å². The van der Waals surface area contributed by atoms with E-state index in [4.69, 9.17) is 17.3 Å². The molecule has 2 heterocycles. The van der Waals surface area contributed by atoms with Gasteiger partial charge in [-0.25, -0.2) is 4.98 Å². The fourth-order valence-corrected chi connectivity index (χ4v) is 2.44. The fourth-order valence-electron chi connectivity index (χ4n) is 2.22. The van der Waals surface area contributed by atoms with Crippen LogP contribution in [0.1, 0.15) is 32.2 Å². The molecule has 2 aromatic heterocycles. The van der Waals surface area contributed by atoms with Crippen molar-refractivity contribution in [2.24, 2.45) is 0 Å². The summed E-state index contributed by atoms with van der Waals surface area (Å²) in [6.45, 7) is 2.02. The van der Waals surface area contributed by atoms with Gasteiger partial charge in [0.1, 0.15) is 5.52 Å². The van der Waals surface area contributed by atoms with Crippen LogP contribution in [0.5, 0.6) is 0 Å². The largest absolute Gasteiger partial charge is 0.390 e. The Labute approximate surface area is 109 Å². The van der Waals surface area contributed by atoms with Crippen LogP contribution >= 0.6 is 11.6 Å². The lowest BCUT2D eigenvalue weighted by molar-refractivity contribution is 0.123. The minimum Gasteiger partial charge on any atom is -0.390 e. The summed E-state index contributed by atoms with van der Waals surface area (Å²) in [6.07, 6.45) is 4.07. The number of hydrogen-bond acceptors (Lipinski definition) is 5. The van der Waals surface area contributed by atoms with Gasteiger partial charge in [-0.3, -0.25) is 0 Å². The molecule has 1 fully saturated rings. The highest BCUT2D eigenvalue weighted by atomic mass is 35.5. The van der Waals surface area contributed by atoms with Gasteiger partial charge in [0.05, 0.1) is 11.9 Å². The number of rotatable bonds is 3. The van der Waals surface area contributed by atoms with Crippen LogP contribution in [0.4, 0.5) is 5.95 Å². The van der Waals surface area contributed by atoms with Gasteiger partial charge in [-0.1, -0.05) is 11.6 Å². The van der Waals surface area contributed by atoms with E-state index in [1.54, 1.807) is 6.33 Å². The number of nitrogens with two attached hydrogens (primary N) is 1. The maximum atomic E-state index is 9.96. The van der Waals surface area contributed by atoms with Crippen molar-refractivity contribution in [3.05, 3.63) is 11.5 Å². The SMILES string of the molecule is CC(CC1(O)CC1)n1cnc2c(Cl)nc(N)nc21. The average Bonchev–Trinajstić information content (AvgIpc) is 2.86. The summed E-state index contributed by atoms with van der Waals surface area (Å²) < 4.78 is 1.88. The molecule has 0 aromatic carbocycles. The third-order valence-electron chi connectivity index (χ3n) is 3.37. The Morgan fingerprint density at radius 3 is 2.94 bits per heavy atom. The van der Waals surface area contributed by atoms with Crippen LogP contribution < -0.4 is 5.73 Å². The average molecular weight is 268 g/mol. The smallest absolute Gasteiger partial charge is 0.223 e. The Balaban J connectivity index is 2.01. The predicted molar refractivity (Wildman–Crippen MR) is 68.3 cm³/mol. The van der Waals surface area contributed by atoms with Crippen LogP contribution in [-0.4, -0.2) is 30.2 Å². The molecule has 1 atom stereocenters. The summed E-state index contributed by atoms with van der Waals surface area (Å²) in [4.78, 5) is 12.2. The monoisotopic (exact) mass is 267 g/mol. The van der Waals surface area contributed by atoms with Gasteiger partial charge in [-0.2, -0.15) is 9.97 Å². The molecule has 1 aliphatic carbocycles. The second-order valence-corrected chi connectivity index (χ2v) is 5.33. The number of imidazole rings is 1. The van der Waals surface area contributed by atoms with Crippen molar-refractivity contribution in [1.82, 2.24) is 19.5 Å². The van der Waals surface area contributed by atoms with E-state index in [9.17, 15) is 5.11 Å². The summed E-state index contributed by atoms with van der Waals surface area (Å²) in [7, 11) is 0. The second-order valence-electron chi connectivity index (χ2n) is 4.97. The normalized spacial score (nSPS) is 19.1. The number of aliphatic hydroxyl groups is 1. The summed E-state index contributed by atoms with van der Waals surface area (Å²) in [5.41, 5.74) is 6.24. The van der Waals surface area contributed by atoms with Gasteiger partial charge >= 0.3 is 0 Å². The van der Waals surface area contributed by atoms with Crippen molar-refractivity contribution in [3.8, 4) is 0 Å². The fraction of sp³-hybridized carbons (Fsp3) is 0.545. The van der Waals surface area contributed by atoms with Gasteiger partial charge in [0, 0.05) is 6.04 Å². The number of nitrogens with zero attached hydrogens (tertiary/aromatic N) is 4. The Morgan fingerprint density at radius 1 is 1.56 bits per heavy atom. The zero-order valence-corrected chi connectivity index (χ0v) is 10.7. The molecule has 6 nitrogen and oxygen atoms in total. The quantitative estimate of drug-likeness (QED) is 0.824. The number of fused-ring (bicyclic) bond motifs is 1. The molecule has 3 N–H and O–H groups in total. The highest BCUT2D eigenvalue weighted by Crippen LogP contribution is 2.42. The first kappa shape index (κ1) is 11.7. The van der Waals surface area contributed by atoms with Gasteiger partial charge in [0.25, 0.3) is 0 Å². The maximum absolute atomic E-state index is 9.96. The lowest BCUT2D eigenvalue weighted by Crippen LogP contribution is -2.16. The Kier molecular flexibility index (Phi) is 2.46. The van der Waals surface area contributed by atoms with E-state index < -0.39 is 5.60 Å². The molecule has 1 saturated carbocycles. The van der Waals surface area contributed by atoms with Gasteiger partial charge in [0.2, 0.25) is 5.95 Å². The predicted octanol–water partition coefficient (Wildman–Crippen LogP) is 1.54. The molecule has 0 amide bonds. The van der Waals surface area contributed by atoms with Crippen LogP contribution in [0.25, 0.3) is 11.2 Å². The van der Waals surface area contributed by atoms with E-state index in [1.165, 1.54) is 0 Å². The Morgan fingerprint density at radius 2 is 2.28 bits per heavy atom. The number of nitrogen functional groups attached to an aromatic ring is 1. The summed E-state index contributed by atoms with van der Waals surface area (Å²) >= 11 is 5.97. The molecule has 0 spiro atoms. The van der Waals surface area contributed by atoms with Gasteiger partial charge < -0.3 is 15.4 Å². The van der Waals surface area contributed by atoms with Crippen molar-refractivity contribution in [2.75, 3.05) is 5.73 Å². The number of anilines is 1. The molecule has 0 aliphatic heterocycles. The molecule has 1 unspecified atom stereocenters. The minimum atomic E-state index is -0.515. The topological polar surface area (TPSA) is 89.8 Å². The lowest BCUT2D eigenvalue weighted by atomic mass is 10.1. The van der Waals surface area contributed by atoms with E-state index >= 15 is 0 Å². The van der Waals surface area contributed by atoms with E-state index in [0.29, 0.717) is 17.6 Å². The second kappa shape index (κ2) is 3.80. The first-order chi connectivity index (χ1) is 8.48. The third kappa shape index (κ3) is 1.91. The highest BCUT2D eigenvalue weighted by molar-refractivity contribution is 6.33. The highest BCUT2D eigenvalue weighted by Gasteiger charge is 2.41. The molecule has 96 valence electrons. The van der Waals surface area contributed by atoms with E-state index in [2.05, 4.69) is 15.0 Å². The molecule has 18 heavy (non-hydrogen) atoms. The van der Waals surface area contributed by atoms with Crippen molar-refractivity contribution < 1.29 is 5.11 Å². The molecule has 2 aromatic rings. The van der Waals surface area contributed by atoms with Crippen LogP contribution in [0.2, 0.25) is 5.15 Å². The molecule has 0 radical (unpaired) electrons. The van der Waals surface area contributed by atoms with E-state index in [0.717, 1.165) is 12.8 Å². The van der Waals surface area contributed by atoms with Crippen molar-refractivity contribution in [1.29, 1.82) is 0 Å². The molecular weight excluding hydrogens is 254 g/mol. The number of aromatic nitrogens is 4. The molecule has 0 saturated heterocycles. The van der Waals surface area contributed by atoms with E-state index in [-0.39, 0.29) is 17.1 Å². The van der Waals surface area contributed by atoms with Crippen molar-refractivity contribution in [3.63, 3.8) is 0 Å². The van der Waals surface area contributed by atoms with Gasteiger partial charge in [-0.15, -0.1) is 0 Å².